The Bertz CT molecular complexity index is 726. The van der Waals surface area contributed by atoms with Gasteiger partial charge >= 0.3 is 0 Å². The number of anilines is 3. The van der Waals surface area contributed by atoms with Gasteiger partial charge in [-0.3, -0.25) is 0 Å². The van der Waals surface area contributed by atoms with Crippen LogP contribution in [0.15, 0.2) is 42.5 Å². The number of aromatic amines is 1. The number of H-pyrrole nitrogens is 1. The van der Waals surface area contributed by atoms with Crippen LogP contribution >= 0.6 is 0 Å². The first kappa shape index (κ1) is 11.6. The van der Waals surface area contributed by atoms with Gasteiger partial charge in [-0.05, 0) is 25.1 Å². The molecule has 0 saturated carbocycles. The molecule has 0 unspecified atom stereocenters. The van der Waals surface area contributed by atoms with Gasteiger partial charge in [0.05, 0.1) is 17.1 Å². The number of fused-ring (bicyclic) bond motifs is 1. The Morgan fingerprint density at radius 1 is 1.05 bits per heavy atom. The van der Waals surface area contributed by atoms with Crippen molar-refractivity contribution in [3.05, 3.63) is 54.0 Å². The minimum Gasteiger partial charge on any atom is -0.397 e. The SMILES string of the molecule is Cc1[nH]c2ccccc2c1Nc1c(N)cccc1F. The smallest absolute Gasteiger partial charge is 0.148 e. The summed E-state index contributed by atoms with van der Waals surface area (Å²) in [6, 6.07) is 12.5. The fourth-order valence-electron chi connectivity index (χ4n) is 2.24. The average molecular weight is 255 g/mol. The second-order valence-corrected chi connectivity index (χ2v) is 4.50. The molecule has 19 heavy (non-hydrogen) atoms. The molecule has 1 heterocycles. The van der Waals surface area contributed by atoms with Crippen LogP contribution in [0.1, 0.15) is 5.69 Å². The quantitative estimate of drug-likeness (QED) is 0.607. The van der Waals surface area contributed by atoms with Gasteiger partial charge in [-0.1, -0.05) is 24.3 Å². The highest BCUT2D eigenvalue weighted by atomic mass is 19.1. The van der Waals surface area contributed by atoms with Crippen molar-refractivity contribution in [2.75, 3.05) is 11.1 Å². The summed E-state index contributed by atoms with van der Waals surface area (Å²) in [5, 5.41) is 4.12. The number of nitrogens with one attached hydrogen (secondary N) is 2. The molecule has 96 valence electrons. The minimum atomic E-state index is -0.357. The number of nitrogen functional groups attached to an aromatic ring is 1. The van der Waals surface area contributed by atoms with Crippen molar-refractivity contribution in [1.29, 1.82) is 0 Å². The number of nitrogens with two attached hydrogens (primary N) is 1. The van der Waals surface area contributed by atoms with Crippen LogP contribution in [-0.4, -0.2) is 4.98 Å². The number of hydrogen-bond donors (Lipinski definition) is 3. The number of para-hydroxylation sites is 2. The van der Waals surface area contributed by atoms with Crippen molar-refractivity contribution in [3.63, 3.8) is 0 Å². The molecule has 0 aliphatic heterocycles. The normalized spacial score (nSPS) is 10.8. The van der Waals surface area contributed by atoms with Crippen LogP contribution in [0.25, 0.3) is 10.9 Å². The molecular weight excluding hydrogens is 241 g/mol. The zero-order chi connectivity index (χ0) is 13.4. The highest BCUT2D eigenvalue weighted by molar-refractivity contribution is 5.97. The van der Waals surface area contributed by atoms with Crippen LogP contribution < -0.4 is 11.1 Å². The van der Waals surface area contributed by atoms with E-state index in [1.807, 2.05) is 31.2 Å². The molecule has 3 aromatic rings. The molecule has 0 amide bonds. The van der Waals surface area contributed by atoms with Crippen LogP contribution in [0, 0.1) is 12.7 Å². The minimum absolute atomic E-state index is 0.315. The molecule has 0 radical (unpaired) electrons. The van der Waals surface area contributed by atoms with Crippen molar-refractivity contribution in [2.45, 2.75) is 6.92 Å². The molecule has 3 nitrogen and oxygen atoms in total. The number of halogens is 1. The number of aryl methyl sites for hydroxylation is 1. The number of aromatic nitrogens is 1. The summed E-state index contributed by atoms with van der Waals surface area (Å²) in [4.78, 5) is 3.26. The summed E-state index contributed by atoms with van der Waals surface area (Å²) in [7, 11) is 0. The maximum Gasteiger partial charge on any atom is 0.148 e. The molecule has 0 fully saturated rings. The molecule has 4 heteroatoms. The van der Waals surface area contributed by atoms with Crippen molar-refractivity contribution in [2.24, 2.45) is 0 Å². The highest BCUT2D eigenvalue weighted by Gasteiger charge is 2.12. The number of hydrogen-bond acceptors (Lipinski definition) is 2. The van der Waals surface area contributed by atoms with E-state index < -0.39 is 0 Å². The maximum absolute atomic E-state index is 13.8. The van der Waals surface area contributed by atoms with Crippen LogP contribution in [0.5, 0.6) is 0 Å². The van der Waals surface area contributed by atoms with Gasteiger partial charge in [0, 0.05) is 16.6 Å². The lowest BCUT2D eigenvalue weighted by atomic mass is 10.2. The Hall–Kier alpha value is -2.49. The molecule has 0 atom stereocenters. The summed E-state index contributed by atoms with van der Waals surface area (Å²) >= 11 is 0. The van der Waals surface area contributed by atoms with E-state index in [0.29, 0.717) is 11.4 Å². The molecule has 4 N–H and O–H groups in total. The third kappa shape index (κ3) is 1.91. The summed E-state index contributed by atoms with van der Waals surface area (Å²) in [5.41, 5.74) is 9.34. The van der Waals surface area contributed by atoms with Gasteiger partial charge in [-0.2, -0.15) is 0 Å². The second kappa shape index (κ2) is 4.31. The summed E-state index contributed by atoms with van der Waals surface area (Å²) < 4.78 is 13.8. The lowest BCUT2D eigenvalue weighted by molar-refractivity contribution is 0.632. The van der Waals surface area contributed by atoms with Gasteiger partial charge in [0.25, 0.3) is 0 Å². The van der Waals surface area contributed by atoms with Crippen molar-refractivity contribution >= 4 is 28.0 Å². The van der Waals surface area contributed by atoms with Crippen LogP contribution in [-0.2, 0) is 0 Å². The van der Waals surface area contributed by atoms with E-state index in [9.17, 15) is 4.39 Å². The zero-order valence-electron chi connectivity index (χ0n) is 10.5. The van der Waals surface area contributed by atoms with Crippen LogP contribution in [0.2, 0.25) is 0 Å². The highest BCUT2D eigenvalue weighted by Crippen LogP contribution is 2.33. The second-order valence-electron chi connectivity index (χ2n) is 4.50. The Morgan fingerprint density at radius 3 is 2.63 bits per heavy atom. The molecule has 0 spiro atoms. The van der Waals surface area contributed by atoms with Gasteiger partial charge in [-0.25, -0.2) is 4.39 Å². The molecule has 0 saturated heterocycles. The predicted octanol–water partition coefficient (Wildman–Crippen LogP) is 3.94. The molecule has 0 aliphatic carbocycles. The fraction of sp³-hybridized carbons (Fsp3) is 0.0667. The third-order valence-corrected chi connectivity index (χ3v) is 3.19. The first-order valence-corrected chi connectivity index (χ1v) is 6.05. The Morgan fingerprint density at radius 2 is 1.84 bits per heavy atom. The van der Waals surface area contributed by atoms with E-state index in [2.05, 4.69) is 10.3 Å². The van der Waals surface area contributed by atoms with Crippen molar-refractivity contribution < 1.29 is 4.39 Å². The first-order valence-electron chi connectivity index (χ1n) is 6.05. The lowest BCUT2D eigenvalue weighted by Gasteiger charge is -2.10. The Labute approximate surface area is 110 Å². The van der Waals surface area contributed by atoms with Crippen LogP contribution in [0.4, 0.5) is 21.5 Å². The number of benzene rings is 2. The van der Waals surface area contributed by atoms with Gasteiger partial charge in [0.2, 0.25) is 0 Å². The van der Waals surface area contributed by atoms with E-state index in [0.717, 1.165) is 22.3 Å². The monoisotopic (exact) mass is 255 g/mol. The molecule has 0 bridgehead atoms. The summed E-state index contributed by atoms with van der Waals surface area (Å²) in [5.74, 6) is -0.357. The van der Waals surface area contributed by atoms with E-state index in [1.165, 1.54) is 6.07 Å². The Kier molecular flexibility index (Phi) is 2.63. The van der Waals surface area contributed by atoms with Gasteiger partial charge < -0.3 is 16.0 Å². The largest absolute Gasteiger partial charge is 0.397 e. The average Bonchev–Trinajstić information content (AvgIpc) is 2.70. The fourth-order valence-corrected chi connectivity index (χ4v) is 2.24. The van der Waals surface area contributed by atoms with E-state index in [1.54, 1.807) is 12.1 Å². The van der Waals surface area contributed by atoms with E-state index >= 15 is 0 Å². The number of rotatable bonds is 2. The van der Waals surface area contributed by atoms with Gasteiger partial charge in [0.15, 0.2) is 0 Å². The standard InChI is InChI=1S/C15H14FN3/c1-9-14(10-5-2-3-8-13(10)18-9)19-15-11(16)6-4-7-12(15)17/h2-8,18-19H,17H2,1H3. The van der Waals surface area contributed by atoms with E-state index in [-0.39, 0.29) is 5.82 Å². The zero-order valence-corrected chi connectivity index (χ0v) is 10.5. The van der Waals surface area contributed by atoms with Gasteiger partial charge in [0.1, 0.15) is 5.82 Å². The molecule has 1 aromatic heterocycles. The summed E-state index contributed by atoms with van der Waals surface area (Å²) in [6.07, 6.45) is 0. The predicted molar refractivity (Wildman–Crippen MR) is 77.1 cm³/mol. The first-order chi connectivity index (χ1) is 9.16. The lowest BCUT2D eigenvalue weighted by Crippen LogP contribution is -1.99. The third-order valence-electron chi connectivity index (χ3n) is 3.19. The van der Waals surface area contributed by atoms with Crippen molar-refractivity contribution in [1.82, 2.24) is 4.98 Å². The molecular formula is C15H14FN3. The topological polar surface area (TPSA) is 53.8 Å². The maximum atomic E-state index is 13.8. The van der Waals surface area contributed by atoms with Gasteiger partial charge in [-0.15, -0.1) is 0 Å². The van der Waals surface area contributed by atoms with Crippen LogP contribution in [0.3, 0.4) is 0 Å². The van der Waals surface area contributed by atoms with E-state index in [4.69, 9.17) is 5.73 Å². The molecule has 2 aromatic carbocycles. The molecule has 0 aliphatic rings. The Balaban J connectivity index is 2.13. The van der Waals surface area contributed by atoms with Crippen molar-refractivity contribution in [3.8, 4) is 0 Å². The molecule has 3 rings (SSSR count). The summed E-state index contributed by atoms with van der Waals surface area (Å²) in [6.45, 7) is 1.94.